The lowest BCUT2D eigenvalue weighted by atomic mass is 10.1. The van der Waals surface area contributed by atoms with Crippen LogP contribution >= 0.6 is 11.6 Å². The molecule has 32 heavy (non-hydrogen) atoms. The van der Waals surface area contributed by atoms with Crippen LogP contribution in [0.2, 0.25) is 5.02 Å². The van der Waals surface area contributed by atoms with E-state index in [2.05, 4.69) is 10.1 Å². The minimum Gasteiger partial charge on any atom is -0.443 e. The Morgan fingerprint density at radius 2 is 2.03 bits per heavy atom. The van der Waals surface area contributed by atoms with Gasteiger partial charge in [-0.3, -0.25) is 4.79 Å². The van der Waals surface area contributed by atoms with Crippen molar-refractivity contribution in [2.24, 2.45) is 0 Å². The van der Waals surface area contributed by atoms with Crippen molar-refractivity contribution in [2.75, 3.05) is 6.54 Å². The molecule has 8 heteroatoms. The van der Waals surface area contributed by atoms with Crippen LogP contribution in [-0.4, -0.2) is 27.5 Å². The van der Waals surface area contributed by atoms with Gasteiger partial charge in [0.05, 0.1) is 6.20 Å². The number of amides is 1. The van der Waals surface area contributed by atoms with E-state index in [1.807, 2.05) is 24.3 Å². The summed E-state index contributed by atoms with van der Waals surface area (Å²) < 4.78 is 24.8. The summed E-state index contributed by atoms with van der Waals surface area (Å²) in [5, 5.41) is 4.62. The van der Waals surface area contributed by atoms with Crippen molar-refractivity contribution in [3.05, 3.63) is 94.6 Å². The largest absolute Gasteiger partial charge is 0.443 e. The number of carbonyl (C=O) groups is 1. The van der Waals surface area contributed by atoms with Crippen molar-refractivity contribution in [1.82, 2.24) is 15.0 Å². The van der Waals surface area contributed by atoms with Gasteiger partial charge in [-0.1, -0.05) is 41.0 Å². The zero-order chi connectivity index (χ0) is 22.1. The van der Waals surface area contributed by atoms with Gasteiger partial charge >= 0.3 is 0 Å². The number of aromatic nitrogens is 2. The zero-order valence-electron chi connectivity index (χ0n) is 17.0. The second kappa shape index (κ2) is 8.59. The molecule has 0 unspecified atom stereocenters. The Morgan fingerprint density at radius 3 is 2.84 bits per heavy atom. The van der Waals surface area contributed by atoms with Gasteiger partial charge in [0.15, 0.2) is 0 Å². The first-order valence-electron chi connectivity index (χ1n) is 10.3. The molecule has 162 valence electrons. The number of benzene rings is 2. The summed E-state index contributed by atoms with van der Waals surface area (Å²) in [5.74, 6) is 0.653. The van der Waals surface area contributed by atoms with Gasteiger partial charge in [-0.15, -0.1) is 0 Å². The number of hydrogen-bond donors (Lipinski definition) is 0. The second-order valence-electron chi connectivity index (χ2n) is 7.71. The lowest BCUT2D eigenvalue weighted by Crippen LogP contribution is -2.30. The Labute approximate surface area is 188 Å². The van der Waals surface area contributed by atoms with E-state index in [0.717, 1.165) is 24.2 Å². The van der Waals surface area contributed by atoms with Crippen LogP contribution in [0.25, 0.3) is 11.3 Å². The zero-order valence-corrected chi connectivity index (χ0v) is 17.8. The summed E-state index contributed by atoms with van der Waals surface area (Å²) in [4.78, 5) is 19.2. The van der Waals surface area contributed by atoms with Gasteiger partial charge < -0.3 is 13.8 Å². The smallest absolute Gasteiger partial charge is 0.293 e. The lowest BCUT2D eigenvalue weighted by Gasteiger charge is -2.20. The van der Waals surface area contributed by atoms with Crippen molar-refractivity contribution in [3.63, 3.8) is 0 Å². The van der Waals surface area contributed by atoms with Gasteiger partial charge in [0, 0.05) is 29.6 Å². The summed E-state index contributed by atoms with van der Waals surface area (Å²) in [5.41, 5.74) is 2.01. The third kappa shape index (κ3) is 4.16. The molecule has 1 fully saturated rings. The summed E-state index contributed by atoms with van der Waals surface area (Å²) >= 11 is 5.94. The Hall–Kier alpha value is -3.45. The van der Waals surface area contributed by atoms with E-state index in [9.17, 15) is 9.18 Å². The van der Waals surface area contributed by atoms with Crippen LogP contribution in [0.4, 0.5) is 4.39 Å². The van der Waals surface area contributed by atoms with Crippen molar-refractivity contribution < 1.29 is 18.1 Å². The fraction of sp³-hybridized carbons (Fsp3) is 0.208. The van der Waals surface area contributed by atoms with Crippen molar-refractivity contribution in [3.8, 4) is 11.3 Å². The maximum absolute atomic E-state index is 13.5. The van der Waals surface area contributed by atoms with E-state index >= 15 is 0 Å². The van der Waals surface area contributed by atoms with Gasteiger partial charge in [-0.25, -0.2) is 9.37 Å². The van der Waals surface area contributed by atoms with Gasteiger partial charge in [-0.05, 0) is 42.7 Å². The average molecular weight is 452 g/mol. The Kier molecular flexibility index (Phi) is 5.49. The topological polar surface area (TPSA) is 72.4 Å². The van der Waals surface area contributed by atoms with E-state index in [0.29, 0.717) is 35.1 Å². The lowest BCUT2D eigenvalue weighted by molar-refractivity contribution is 0.0672. The highest BCUT2D eigenvalue weighted by molar-refractivity contribution is 6.30. The standard InChI is InChI=1S/C24H19ClFN3O3/c25-17-8-6-15(7-9-17)11-19-14-27-23(31-19)21-5-2-10-29(21)24(30)22-13-20(28-32-22)16-3-1-4-18(26)12-16/h1,3-4,6-9,12-14,21H,2,5,10-11H2/t21-/m0/s1. The molecule has 1 atom stereocenters. The monoisotopic (exact) mass is 451 g/mol. The molecule has 2 aromatic carbocycles. The molecule has 1 saturated heterocycles. The minimum atomic E-state index is -0.378. The predicted octanol–water partition coefficient (Wildman–Crippen LogP) is 5.69. The molecule has 1 aliphatic rings. The molecule has 0 saturated carbocycles. The van der Waals surface area contributed by atoms with E-state index in [1.165, 1.54) is 18.2 Å². The number of halogens is 2. The van der Waals surface area contributed by atoms with Crippen LogP contribution < -0.4 is 0 Å². The van der Waals surface area contributed by atoms with Crippen molar-refractivity contribution >= 4 is 17.5 Å². The minimum absolute atomic E-state index is 0.101. The van der Waals surface area contributed by atoms with Crippen LogP contribution in [0.15, 0.2) is 69.7 Å². The summed E-state index contributed by atoms with van der Waals surface area (Å²) in [6.45, 7) is 0.564. The van der Waals surface area contributed by atoms with Gasteiger partial charge in [0.1, 0.15) is 23.3 Å². The highest BCUT2D eigenvalue weighted by Gasteiger charge is 2.35. The van der Waals surface area contributed by atoms with Gasteiger partial charge in [0.25, 0.3) is 5.91 Å². The van der Waals surface area contributed by atoms with Crippen molar-refractivity contribution in [1.29, 1.82) is 0 Å². The van der Waals surface area contributed by atoms with Gasteiger partial charge in [0.2, 0.25) is 11.7 Å². The molecule has 0 bridgehead atoms. The average Bonchev–Trinajstić information content (AvgIpc) is 3.55. The van der Waals surface area contributed by atoms with E-state index in [4.69, 9.17) is 20.5 Å². The van der Waals surface area contributed by atoms with Crippen LogP contribution in [0.5, 0.6) is 0 Å². The van der Waals surface area contributed by atoms with E-state index in [1.54, 1.807) is 23.2 Å². The number of nitrogens with zero attached hydrogens (tertiary/aromatic N) is 3. The van der Waals surface area contributed by atoms with Crippen LogP contribution in [0.3, 0.4) is 0 Å². The first-order valence-corrected chi connectivity index (χ1v) is 10.7. The Bertz CT molecular complexity index is 1250. The molecule has 0 N–H and O–H groups in total. The number of likely N-dealkylation sites (tertiary alicyclic amines) is 1. The third-order valence-electron chi connectivity index (χ3n) is 5.50. The SMILES string of the molecule is O=C(c1cc(-c2cccc(F)c2)no1)N1CCC[C@H]1c1ncc(Cc2ccc(Cl)cc2)o1. The normalized spacial score (nSPS) is 15.9. The Balaban J connectivity index is 1.32. The molecule has 0 aliphatic carbocycles. The van der Waals surface area contributed by atoms with Gasteiger partial charge in [-0.2, -0.15) is 0 Å². The molecule has 3 heterocycles. The van der Waals surface area contributed by atoms with E-state index in [-0.39, 0.29) is 23.5 Å². The number of oxazole rings is 1. The number of rotatable bonds is 5. The maximum atomic E-state index is 13.5. The third-order valence-corrected chi connectivity index (χ3v) is 5.76. The summed E-state index contributed by atoms with van der Waals surface area (Å²) in [6, 6.07) is 14.8. The molecular weight excluding hydrogens is 433 g/mol. The van der Waals surface area contributed by atoms with Crippen LogP contribution in [-0.2, 0) is 6.42 Å². The molecule has 1 amide bonds. The second-order valence-corrected chi connectivity index (χ2v) is 8.15. The number of hydrogen-bond acceptors (Lipinski definition) is 5. The molecule has 5 rings (SSSR count). The molecule has 0 spiro atoms. The van der Waals surface area contributed by atoms with Crippen molar-refractivity contribution in [2.45, 2.75) is 25.3 Å². The first kappa shape index (κ1) is 20.5. The highest BCUT2D eigenvalue weighted by Crippen LogP contribution is 2.33. The fourth-order valence-electron chi connectivity index (χ4n) is 3.93. The van der Waals surface area contributed by atoms with Crippen LogP contribution in [0.1, 0.15) is 46.7 Å². The Morgan fingerprint density at radius 1 is 1.19 bits per heavy atom. The maximum Gasteiger partial charge on any atom is 0.293 e. The highest BCUT2D eigenvalue weighted by atomic mass is 35.5. The quantitative estimate of drug-likeness (QED) is 0.389. The summed E-state index contributed by atoms with van der Waals surface area (Å²) in [7, 11) is 0. The molecule has 0 radical (unpaired) electrons. The van der Waals surface area contributed by atoms with Crippen LogP contribution in [0, 0.1) is 5.82 Å². The molecule has 2 aromatic heterocycles. The summed E-state index contributed by atoms with van der Waals surface area (Å²) in [6.07, 6.45) is 3.86. The molecule has 4 aromatic rings. The molecule has 6 nitrogen and oxygen atoms in total. The predicted molar refractivity (Wildman–Crippen MR) is 116 cm³/mol. The molecule has 1 aliphatic heterocycles. The number of carbonyl (C=O) groups excluding carboxylic acids is 1. The van der Waals surface area contributed by atoms with E-state index < -0.39 is 0 Å². The fourth-order valence-corrected chi connectivity index (χ4v) is 4.06. The molecular formula is C24H19ClFN3O3. The first-order chi connectivity index (χ1) is 15.6.